The van der Waals surface area contributed by atoms with Gasteiger partial charge in [0.1, 0.15) is 11.9 Å². The lowest BCUT2D eigenvalue weighted by Crippen LogP contribution is -2.23. The van der Waals surface area contributed by atoms with Crippen LogP contribution in [0.4, 0.5) is 5.82 Å². The fourth-order valence-electron chi connectivity index (χ4n) is 2.16. The summed E-state index contributed by atoms with van der Waals surface area (Å²) in [5.41, 5.74) is 0.995. The predicted octanol–water partition coefficient (Wildman–Crippen LogP) is 4.36. The minimum Gasteiger partial charge on any atom is -0.373 e. The average Bonchev–Trinajstić information content (AvgIpc) is 2.34. The van der Waals surface area contributed by atoms with Crippen molar-refractivity contribution < 1.29 is 4.74 Å². The summed E-state index contributed by atoms with van der Waals surface area (Å²) in [7, 11) is 1.72. The molecule has 0 bridgehead atoms. The zero-order chi connectivity index (χ0) is 15.3. The number of aromatic nitrogens is 2. The van der Waals surface area contributed by atoms with Gasteiger partial charge in [-0.3, -0.25) is 0 Å². The highest BCUT2D eigenvalue weighted by Crippen LogP contribution is 2.36. The number of hydrogen-bond donors (Lipinski definition) is 1. The fourth-order valence-corrected chi connectivity index (χ4v) is 2.68. The number of hydrogen-bond acceptors (Lipinski definition) is 4. The molecule has 1 N–H and O–H groups in total. The lowest BCUT2D eigenvalue weighted by Gasteiger charge is -2.28. The second-order valence-corrected chi connectivity index (χ2v) is 6.75. The number of rotatable bonds is 6. The molecule has 1 aromatic rings. The Morgan fingerprint density at radius 1 is 1.25 bits per heavy atom. The lowest BCUT2D eigenvalue weighted by molar-refractivity contribution is 0.00858. The van der Waals surface area contributed by atoms with Crippen LogP contribution in [0.3, 0.4) is 0 Å². The summed E-state index contributed by atoms with van der Waals surface area (Å²) in [4.78, 5) is 9.37. The summed E-state index contributed by atoms with van der Waals surface area (Å²) in [6.07, 6.45) is 1.85. The first-order chi connectivity index (χ1) is 9.35. The highest BCUT2D eigenvalue weighted by atomic mass is 79.9. The van der Waals surface area contributed by atoms with E-state index in [2.05, 4.69) is 60.8 Å². The maximum atomic E-state index is 5.64. The maximum Gasteiger partial charge on any atom is 0.160 e. The molecule has 0 fully saturated rings. The summed E-state index contributed by atoms with van der Waals surface area (Å²) >= 11 is 3.61. The molecule has 1 heterocycles. The molecule has 20 heavy (non-hydrogen) atoms. The van der Waals surface area contributed by atoms with Gasteiger partial charge < -0.3 is 10.1 Å². The molecule has 0 aliphatic heterocycles. The predicted molar refractivity (Wildman–Crippen MR) is 87.1 cm³/mol. The first-order valence-corrected chi connectivity index (χ1v) is 7.97. The molecular weight excluding hydrogens is 318 g/mol. The molecule has 0 aromatic carbocycles. The van der Waals surface area contributed by atoms with Gasteiger partial charge in [-0.2, -0.15) is 0 Å². The van der Waals surface area contributed by atoms with E-state index in [1.54, 1.807) is 7.11 Å². The smallest absolute Gasteiger partial charge is 0.160 e. The third kappa shape index (κ3) is 4.16. The molecule has 1 unspecified atom stereocenters. The van der Waals surface area contributed by atoms with Crippen molar-refractivity contribution in [1.29, 1.82) is 0 Å². The summed E-state index contributed by atoms with van der Waals surface area (Å²) in [5, 5.41) is 3.29. The van der Waals surface area contributed by atoms with Crippen molar-refractivity contribution in [3.63, 3.8) is 0 Å². The molecule has 0 aliphatic rings. The van der Waals surface area contributed by atoms with Crippen LogP contribution in [0.5, 0.6) is 0 Å². The van der Waals surface area contributed by atoms with Crippen molar-refractivity contribution in [2.45, 2.75) is 53.6 Å². The summed E-state index contributed by atoms with van der Waals surface area (Å²) in [6, 6.07) is 0. The van der Waals surface area contributed by atoms with Gasteiger partial charge in [0.05, 0.1) is 10.2 Å². The van der Waals surface area contributed by atoms with Crippen molar-refractivity contribution in [2.75, 3.05) is 19.0 Å². The molecule has 0 spiro atoms. The Hall–Kier alpha value is -0.680. The van der Waals surface area contributed by atoms with Gasteiger partial charge in [-0.15, -0.1) is 0 Å². The first kappa shape index (κ1) is 17.4. The van der Waals surface area contributed by atoms with Crippen LogP contribution in [-0.4, -0.2) is 23.6 Å². The van der Waals surface area contributed by atoms with Crippen LogP contribution in [0, 0.1) is 5.41 Å². The Morgan fingerprint density at radius 3 is 2.35 bits per heavy atom. The van der Waals surface area contributed by atoms with Crippen LogP contribution >= 0.6 is 15.9 Å². The number of nitrogens with one attached hydrogen (secondary N) is 1. The largest absolute Gasteiger partial charge is 0.373 e. The minimum absolute atomic E-state index is 0.0461. The number of methoxy groups -OCH3 is 1. The zero-order valence-corrected chi connectivity index (χ0v) is 15.0. The quantitative estimate of drug-likeness (QED) is 0.833. The third-order valence-corrected chi connectivity index (χ3v) is 3.86. The normalized spacial score (nSPS) is 13.3. The number of aryl methyl sites for hydroxylation is 1. The molecule has 1 atom stereocenters. The molecule has 1 rings (SSSR count). The first-order valence-electron chi connectivity index (χ1n) is 7.18. The van der Waals surface area contributed by atoms with Gasteiger partial charge in [-0.05, 0) is 34.7 Å². The van der Waals surface area contributed by atoms with Crippen LogP contribution in [0.25, 0.3) is 0 Å². The summed E-state index contributed by atoms with van der Waals surface area (Å²) < 4.78 is 6.61. The van der Waals surface area contributed by atoms with E-state index in [4.69, 9.17) is 9.72 Å². The Kier molecular flexibility index (Phi) is 6.40. The summed E-state index contributed by atoms with van der Waals surface area (Å²) in [6.45, 7) is 11.5. The molecule has 1 aromatic heterocycles. The van der Waals surface area contributed by atoms with Gasteiger partial charge in [-0.1, -0.05) is 34.1 Å². The second-order valence-electron chi connectivity index (χ2n) is 5.95. The lowest BCUT2D eigenvalue weighted by atomic mass is 9.88. The van der Waals surface area contributed by atoms with Gasteiger partial charge in [0.2, 0.25) is 0 Å². The zero-order valence-electron chi connectivity index (χ0n) is 13.4. The average molecular weight is 344 g/mol. The highest BCUT2D eigenvalue weighted by molar-refractivity contribution is 9.10. The van der Waals surface area contributed by atoms with Crippen LogP contribution in [0.2, 0.25) is 0 Å². The van der Waals surface area contributed by atoms with Crippen molar-refractivity contribution in [3.05, 3.63) is 16.0 Å². The second kappa shape index (κ2) is 7.36. The third-order valence-electron chi connectivity index (χ3n) is 3.02. The van der Waals surface area contributed by atoms with Gasteiger partial charge >= 0.3 is 0 Å². The SMILES string of the molecule is CCCc1nc(C(OC)C(C)(C)C)nc(NCC)c1Br. The molecular formula is C15H26BrN3O. The van der Waals surface area contributed by atoms with Crippen molar-refractivity contribution in [2.24, 2.45) is 5.41 Å². The van der Waals surface area contributed by atoms with Gasteiger partial charge in [0, 0.05) is 13.7 Å². The molecule has 0 radical (unpaired) electrons. The topological polar surface area (TPSA) is 47.0 Å². The Bertz CT molecular complexity index is 416. The molecule has 0 saturated heterocycles. The van der Waals surface area contributed by atoms with Crippen molar-refractivity contribution in [3.8, 4) is 0 Å². The number of ether oxygens (including phenoxy) is 1. The molecule has 0 amide bonds. The van der Waals surface area contributed by atoms with Gasteiger partial charge in [0.25, 0.3) is 0 Å². The standard InChI is InChI=1S/C15H26BrN3O/c1-7-9-10-11(16)13(17-8-2)19-14(18-10)12(20-6)15(3,4)5/h12H,7-9H2,1-6H3,(H,17,18,19). The van der Waals surface area contributed by atoms with E-state index in [9.17, 15) is 0 Å². The summed E-state index contributed by atoms with van der Waals surface area (Å²) in [5.74, 6) is 1.61. The van der Waals surface area contributed by atoms with E-state index in [-0.39, 0.29) is 11.5 Å². The molecule has 4 nitrogen and oxygen atoms in total. The molecule has 114 valence electrons. The van der Waals surface area contributed by atoms with Gasteiger partial charge in [0.15, 0.2) is 5.82 Å². The molecule has 0 aliphatic carbocycles. The Balaban J connectivity index is 3.31. The van der Waals surface area contributed by atoms with E-state index in [1.807, 2.05) is 0 Å². The monoisotopic (exact) mass is 343 g/mol. The molecule has 0 saturated carbocycles. The maximum absolute atomic E-state index is 5.64. The van der Waals surface area contributed by atoms with Crippen LogP contribution < -0.4 is 5.32 Å². The number of nitrogens with zero attached hydrogens (tertiary/aromatic N) is 2. The van der Waals surface area contributed by atoms with E-state index in [1.165, 1.54) is 0 Å². The molecule has 5 heteroatoms. The Morgan fingerprint density at radius 2 is 1.90 bits per heavy atom. The number of halogens is 1. The minimum atomic E-state index is -0.122. The van der Waals surface area contributed by atoms with Gasteiger partial charge in [-0.25, -0.2) is 9.97 Å². The van der Waals surface area contributed by atoms with E-state index < -0.39 is 0 Å². The van der Waals surface area contributed by atoms with E-state index >= 15 is 0 Å². The van der Waals surface area contributed by atoms with Crippen molar-refractivity contribution in [1.82, 2.24) is 9.97 Å². The van der Waals surface area contributed by atoms with Crippen LogP contribution in [-0.2, 0) is 11.2 Å². The van der Waals surface area contributed by atoms with Crippen LogP contribution in [0.15, 0.2) is 4.47 Å². The highest BCUT2D eigenvalue weighted by Gasteiger charge is 2.30. The fraction of sp³-hybridized carbons (Fsp3) is 0.733. The van der Waals surface area contributed by atoms with E-state index in [0.29, 0.717) is 0 Å². The van der Waals surface area contributed by atoms with E-state index in [0.717, 1.165) is 41.2 Å². The Labute approximate surface area is 130 Å². The van der Waals surface area contributed by atoms with Crippen LogP contribution in [0.1, 0.15) is 58.7 Å². The number of anilines is 1. The van der Waals surface area contributed by atoms with Crippen molar-refractivity contribution >= 4 is 21.7 Å².